The van der Waals surface area contributed by atoms with E-state index in [1.165, 1.54) is 11.7 Å². The zero-order valence-electron chi connectivity index (χ0n) is 16.4. The summed E-state index contributed by atoms with van der Waals surface area (Å²) in [5, 5.41) is 15.2. The normalized spacial score (nSPS) is 12.1. The van der Waals surface area contributed by atoms with Gasteiger partial charge in [-0.15, -0.1) is 0 Å². The maximum atomic E-state index is 13.0. The smallest absolute Gasteiger partial charge is 0.276 e. The van der Waals surface area contributed by atoms with Crippen molar-refractivity contribution in [3.05, 3.63) is 81.3 Å². The van der Waals surface area contributed by atoms with Gasteiger partial charge in [-0.1, -0.05) is 34.1 Å². The van der Waals surface area contributed by atoms with Crippen LogP contribution in [0.3, 0.4) is 0 Å². The first-order valence-electron chi connectivity index (χ1n) is 9.25. The molecule has 0 saturated heterocycles. The standard InChI is InChI=1S/C22H20BrN3O4/c1-29-20-7-6-15(11-21(20)30-2)19(27)13-25-8-9-26-18(22(25)28)12-17(24-26)14-4-3-5-16(23)10-14/h3-12,19,27H,13H2,1-2H3/t19-/m0/s1. The van der Waals surface area contributed by atoms with Gasteiger partial charge in [-0.25, -0.2) is 4.52 Å². The zero-order chi connectivity index (χ0) is 21.3. The fraction of sp³-hybridized carbons (Fsp3) is 0.182. The average Bonchev–Trinajstić information content (AvgIpc) is 3.20. The molecule has 2 aromatic heterocycles. The fourth-order valence-electron chi connectivity index (χ4n) is 3.31. The number of rotatable bonds is 6. The van der Waals surface area contributed by atoms with Crippen LogP contribution < -0.4 is 15.0 Å². The van der Waals surface area contributed by atoms with E-state index in [-0.39, 0.29) is 12.1 Å². The lowest BCUT2D eigenvalue weighted by atomic mass is 10.1. The molecule has 0 amide bonds. The molecule has 4 aromatic rings. The summed E-state index contributed by atoms with van der Waals surface area (Å²) in [7, 11) is 3.09. The predicted octanol–water partition coefficient (Wildman–Crippen LogP) is 3.68. The SMILES string of the molecule is COc1ccc([C@@H](O)Cn2ccn3nc(-c4cccc(Br)c4)cc3c2=O)cc1OC. The van der Waals surface area contributed by atoms with Crippen LogP contribution in [0.2, 0.25) is 0 Å². The maximum absolute atomic E-state index is 13.0. The largest absolute Gasteiger partial charge is 0.493 e. The number of hydrogen-bond acceptors (Lipinski definition) is 5. The quantitative estimate of drug-likeness (QED) is 0.465. The van der Waals surface area contributed by atoms with Crippen molar-refractivity contribution in [1.82, 2.24) is 14.2 Å². The highest BCUT2D eigenvalue weighted by molar-refractivity contribution is 9.10. The maximum Gasteiger partial charge on any atom is 0.276 e. The lowest BCUT2D eigenvalue weighted by Crippen LogP contribution is -2.24. The van der Waals surface area contributed by atoms with Gasteiger partial charge in [0.1, 0.15) is 5.52 Å². The summed E-state index contributed by atoms with van der Waals surface area (Å²) in [6, 6.07) is 14.7. The fourth-order valence-corrected chi connectivity index (χ4v) is 3.71. The summed E-state index contributed by atoms with van der Waals surface area (Å²) in [6.45, 7) is 0.0994. The highest BCUT2D eigenvalue weighted by Gasteiger charge is 2.15. The second-order valence-corrected chi connectivity index (χ2v) is 7.67. The molecule has 2 aromatic carbocycles. The van der Waals surface area contributed by atoms with Crippen molar-refractivity contribution in [3.8, 4) is 22.8 Å². The van der Waals surface area contributed by atoms with Gasteiger partial charge in [-0.05, 0) is 35.9 Å². The van der Waals surface area contributed by atoms with E-state index in [4.69, 9.17) is 9.47 Å². The highest BCUT2D eigenvalue weighted by atomic mass is 79.9. The van der Waals surface area contributed by atoms with Gasteiger partial charge in [0, 0.05) is 22.4 Å². The first-order chi connectivity index (χ1) is 14.5. The van der Waals surface area contributed by atoms with Crippen molar-refractivity contribution in [2.75, 3.05) is 14.2 Å². The molecule has 0 aliphatic rings. The molecule has 0 unspecified atom stereocenters. The van der Waals surface area contributed by atoms with Crippen molar-refractivity contribution in [3.63, 3.8) is 0 Å². The molecule has 0 aliphatic carbocycles. The molecule has 0 spiro atoms. The second-order valence-electron chi connectivity index (χ2n) is 6.76. The van der Waals surface area contributed by atoms with E-state index < -0.39 is 6.10 Å². The number of methoxy groups -OCH3 is 2. The van der Waals surface area contributed by atoms with E-state index in [1.807, 2.05) is 24.3 Å². The second kappa shape index (κ2) is 8.33. The Morgan fingerprint density at radius 2 is 1.87 bits per heavy atom. The zero-order valence-corrected chi connectivity index (χ0v) is 18.0. The van der Waals surface area contributed by atoms with Gasteiger partial charge in [0.05, 0.1) is 32.6 Å². The number of aliphatic hydroxyl groups is 1. The van der Waals surface area contributed by atoms with Crippen LogP contribution in [0.1, 0.15) is 11.7 Å². The molecule has 2 heterocycles. The number of halogens is 1. The van der Waals surface area contributed by atoms with E-state index in [1.54, 1.807) is 48.3 Å². The molecule has 0 aliphatic heterocycles. The van der Waals surface area contributed by atoms with Crippen molar-refractivity contribution in [2.45, 2.75) is 12.6 Å². The molecule has 4 rings (SSSR count). The number of aliphatic hydroxyl groups excluding tert-OH is 1. The lowest BCUT2D eigenvalue weighted by Gasteiger charge is -2.15. The van der Waals surface area contributed by atoms with Crippen LogP contribution in [0.15, 0.2) is 70.2 Å². The number of fused-ring (bicyclic) bond motifs is 1. The Labute approximate surface area is 181 Å². The first-order valence-corrected chi connectivity index (χ1v) is 10.0. The number of aromatic nitrogens is 3. The van der Waals surface area contributed by atoms with Crippen LogP contribution in [0.4, 0.5) is 0 Å². The van der Waals surface area contributed by atoms with Crippen LogP contribution >= 0.6 is 15.9 Å². The van der Waals surface area contributed by atoms with Gasteiger partial charge in [-0.2, -0.15) is 5.10 Å². The third-order valence-corrected chi connectivity index (χ3v) is 5.38. The Balaban J connectivity index is 1.65. The lowest BCUT2D eigenvalue weighted by molar-refractivity contribution is 0.154. The molecule has 0 saturated carbocycles. The number of ether oxygens (including phenoxy) is 2. The van der Waals surface area contributed by atoms with E-state index in [0.29, 0.717) is 28.3 Å². The van der Waals surface area contributed by atoms with Crippen molar-refractivity contribution in [1.29, 1.82) is 0 Å². The van der Waals surface area contributed by atoms with Crippen LogP contribution in [0, 0.1) is 0 Å². The van der Waals surface area contributed by atoms with Gasteiger partial charge in [0.15, 0.2) is 11.5 Å². The van der Waals surface area contributed by atoms with E-state index in [0.717, 1.165) is 10.0 Å². The third kappa shape index (κ3) is 3.83. The van der Waals surface area contributed by atoms with E-state index in [2.05, 4.69) is 21.0 Å². The van der Waals surface area contributed by atoms with Crippen molar-refractivity contribution in [2.24, 2.45) is 0 Å². The Kier molecular flexibility index (Phi) is 5.61. The molecular weight excluding hydrogens is 450 g/mol. The Hall–Kier alpha value is -3.10. The topological polar surface area (TPSA) is 78.0 Å². The molecule has 30 heavy (non-hydrogen) atoms. The molecule has 0 fully saturated rings. The van der Waals surface area contributed by atoms with Crippen molar-refractivity contribution < 1.29 is 14.6 Å². The molecular formula is C22H20BrN3O4. The van der Waals surface area contributed by atoms with Gasteiger partial charge in [-0.3, -0.25) is 4.79 Å². The van der Waals surface area contributed by atoms with E-state index >= 15 is 0 Å². The molecule has 154 valence electrons. The van der Waals surface area contributed by atoms with Gasteiger partial charge in [0.25, 0.3) is 5.56 Å². The molecule has 8 heteroatoms. The van der Waals surface area contributed by atoms with Crippen LogP contribution in [-0.4, -0.2) is 33.5 Å². The summed E-state index contributed by atoms with van der Waals surface area (Å²) in [5.74, 6) is 1.10. The predicted molar refractivity (Wildman–Crippen MR) is 117 cm³/mol. The van der Waals surface area contributed by atoms with Crippen molar-refractivity contribution >= 4 is 21.4 Å². The molecule has 1 N–H and O–H groups in total. The monoisotopic (exact) mass is 469 g/mol. The summed E-state index contributed by atoms with van der Waals surface area (Å²) >= 11 is 3.45. The minimum atomic E-state index is -0.891. The summed E-state index contributed by atoms with van der Waals surface area (Å²) in [6.07, 6.45) is 2.44. The van der Waals surface area contributed by atoms with Gasteiger partial charge < -0.3 is 19.1 Å². The molecule has 1 atom stereocenters. The number of hydrogen-bond donors (Lipinski definition) is 1. The summed E-state index contributed by atoms with van der Waals surface area (Å²) in [4.78, 5) is 13.0. The van der Waals surface area contributed by atoms with Gasteiger partial charge in [0.2, 0.25) is 0 Å². The number of benzene rings is 2. The molecule has 0 radical (unpaired) electrons. The Morgan fingerprint density at radius 3 is 2.60 bits per heavy atom. The van der Waals surface area contributed by atoms with Gasteiger partial charge >= 0.3 is 0 Å². The highest BCUT2D eigenvalue weighted by Crippen LogP contribution is 2.30. The van der Waals surface area contributed by atoms with Crippen LogP contribution in [0.25, 0.3) is 16.8 Å². The van der Waals surface area contributed by atoms with Crippen LogP contribution in [-0.2, 0) is 6.54 Å². The Bertz CT molecular complexity index is 1260. The van der Waals surface area contributed by atoms with E-state index in [9.17, 15) is 9.90 Å². The summed E-state index contributed by atoms with van der Waals surface area (Å²) in [5.41, 5.74) is 2.44. The summed E-state index contributed by atoms with van der Waals surface area (Å²) < 4.78 is 14.5. The third-order valence-electron chi connectivity index (χ3n) is 4.89. The Morgan fingerprint density at radius 1 is 1.07 bits per heavy atom. The van der Waals surface area contributed by atoms with Crippen LogP contribution in [0.5, 0.6) is 11.5 Å². The average molecular weight is 470 g/mol. The minimum Gasteiger partial charge on any atom is -0.493 e. The minimum absolute atomic E-state index is 0.0994. The molecule has 7 nitrogen and oxygen atoms in total. The molecule has 0 bridgehead atoms. The first kappa shape index (κ1) is 20.2. The number of nitrogens with zero attached hydrogens (tertiary/aromatic N) is 3.